The molecule has 4 aromatic rings. The minimum atomic E-state index is -3.13. The molecule has 228 valence electrons. The number of sulfonamides is 1. The number of anilines is 2. The molecule has 0 atom stereocenters. The van der Waals surface area contributed by atoms with Gasteiger partial charge < -0.3 is 15.0 Å². The predicted molar refractivity (Wildman–Crippen MR) is 167 cm³/mol. The van der Waals surface area contributed by atoms with Crippen molar-refractivity contribution in [3.05, 3.63) is 70.6 Å². The highest BCUT2D eigenvalue weighted by Crippen LogP contribution is 2.37. The quantitative estimate of drug-likeness (QED) is 0.307. The zero-order valence-electron chi connectivity index (χ0n) is 24.4. The Hall–Kier alpha value is -4.32. The predicted octanol–water partition coefficient (Wildman–Crippen LogP) is 3.68. The Bertz CT molecular complexity index is 1800. The fourth-order valence-electron chi connectivity index (χ4n) is 5.49. The average molecular weight is 633 g/mol. The van der Waals surface area contributed by atoms with Crippen LogP contribution in [0.1, 0.15) is 39.2 Å². The average Bonchev–Trinajstić information content (AvgIpc) is 3.62. The molecule has 1 N–H and O–H groups in total. The summed E-state index contributed by atoms with van der Waals surface area (Å²) >= 11 is 1.41. The van der Waals surface area contributed by atoms with Crippen LogP contribution in [-0.4, -0.2) is 70.9 Å². The maximum absolute atomic E-state index is 12.7. The van der Waals surface area contributed by atoms with Crippen LogP contribution in [-0.2, 0) is 30.0 Å². The molecule has 2 aliphatic heterocycles. The molecule has 12 nitrogen and oxygen atoms in total. The van der Waals surface area contributed by atoms with Crippen LogP contribution in [0, 0.1) is 17.2 Å². The highest BCUT2D eigenvalue weighted by Gasteiger charge is 2.27. The van der Waals surface area contributed by atoms with E-state index in [1.165, 1.54) is 28.1 Å². The van der Waals surface area contributed by atoms with E-state index in [1.807, 2.05) is 24.3 Å². The van der Waals surface area contributed by atoms with Gasteiger partial charge in [0.1, 0.15) is 16.8 Å². The number of aromatic nitrogens is 4. The molecule has 0 radical (unpaired) electrons. The van der Waals surface area contributed by atoms with Gasteiger partial charge in [0.05, 0.1) is 36.7 Å². The molecule has 0 bridgehead atoms. The van der Waals surface area contributed by atoms with Gasteiger partial charge in [-0.2, -0.15) is 10.4 Å². The molecule has 1 saturated heterocycles. The lowest BCUT2D eigenvalue weighted by atomic mass is 9.99. The first kappa shape index (κ1) is 29.7. The van der Waals surface area contributed by atoms with Crippen molar-refractivity contribution in [1.29, 1.82) is 5.26 Å². The molecule has 1 aromatic carbocycles. The van der Waals surface area contributed by atoms with E-state index in [1.54, 1.807) is 30.3 Å². The Morgan fingerprint density at radius 2 is 1.84 bits per heavy atom. The summed E-state index contributed by atoms with van der Waals surface area (Å²) in [6.45, 7) is 2.86. The summed E-state index contributed by atoms with van der Waals surface area (Å²) in [7, 11) is -1.38. The molecule has 3 aromatic heterocycles. The van der Waals surface area contributed by atoms with Gasteiger partial charge in [-0.15, -0.1) is 11.3 Å². The molecular formula is C30H32N8O4S2. The first-order valence-electron chi connectivity index (χ1n) is 14.3. The number of nitrogens with one attached hydrogen (secondary N) is 1. The molecule has 2 aliphatic rings. The monoisotopic (exact) mass is 632 g/mol. The molecule has 0 spiro atoms. The summed E-state index contributed by atoms with van der Waals surface area (Å²) in [6.07, 6.45) is 10.2. The lowest BCUT2D eigenvalue weighted by Gasteiger charge is -2.30. The van der Waals surface area contributed by atoms with E-state index in [2.05, 4.69) is 31.4 Å². The van der Waals surface area contributed by atoms with Crippen LogP contribution >= 0.6 is 11.3 Å². The zero-order valence-corrected chi connectivity index (χ0v) is 26.1. The molecule has 5 heterocycles. The Kier molecular flexibility index (Phi) is 8.35. The Morgan fingerprint density at radius 1 is 1.11 bits per heavy atom. The van der Waals surface area contributed by atoms with Crippen LogP contribution in [0.15, 0.2) is 49.1 Å². The van der Waals surface area contributed by atoms with Gasteiger partial charge in [-0.3, -0.25) is 9.48 Å². The molecule has 0 unspecified atom stereocenters. The first-order chi connectivity index (χ1) is 21.2. The normalized spacial score (nSPS) is 15.9. The summed E-state index contributed by atoms with van der Waals surface area (Å²) in [5.41, 5.74) is 3.77. The van der Waals surface area contributed by atoms with Crippen molar-refractivity contribution in [3.8, 4) is 22.9 Å². The van der Waals surface area contributed by atoms with Gasteiger partial charge in [0, 0.05) is 55.7 Å². The van der Waals surface area contributed by atoms with Crippen LogP contribution in [0.25, 0.3) is 11.1 Å². The second kappa shape index (κ2) is 12.4. The topological polar surface area (TPSA) is 146 Å². The van der Waals surface area contributed by atoms with Crippen LogP contribution < -0.4 is 15.0 Å². The summed E-state index contributed by atoms with van der Waals surface area (Å²) in [4.78, 5) is 25.0. The summed E-state index contributed by atoms with van der Waals surface area (Å²) < 4.78 is 32.5. The van der Waals surface area contributed by atoms with Crippen molar-refractivity contribution in [2.45, 2.75) is 25.8 Å². The number of aryl methyl sites for hydroxylation is 1. The van der Waals surface area contributed by atoms with Gasteiger partial charge in [-0.25, -0.2) is 22.7 Å². The van der Waals surface area contributed by atoms with E-state index in [9.17, 15) is 18.5 Å². The van der Waals surface area contributed by atoms with Gasteiger partial charge in [0.2, 0.25) is 16.0 Å². The van der Waals surface area contributed by atoms with E-state index in [0.29, 0.717) is 67.2 Å². The first-order valence-corrected chi connectivity index (χ1v) is 16.9. The van der Waals surface area contributed by atoms with Crippen molar-refractivity contribution >= 4 is 38.2 Å². The second-order valence-electron chi connectivity index (χ2n) is 11.1. The van der Waals surface area contributed by atoms with Crippen molar-refractivity contribution < 1.29 is 17.9 Å². The van der Waals surface area contributed by atoms with Crippen molar-refractivity contribution in [3.63, 3.8) is 0 Å². The SMILES string of the molecule is Cn1cc(C(=O)Nc2sc3c(c2C#N)CCN(c2ncc(-c4ccc(OCC5CCN(S(C)(=O)=O)CC5)cc4)cn2)C3)cn1. The Balaban J connectivity index is 1.05. The number of fused-ring (bicyclic) bond motifs is 1. The van der Waals surface area contributed by atoms with Crippen LogP contribution in [0.3, 0.4) is 0 Å². The number of benzene rings is 1. The molecule has 14 heteroatoms. The number of carbonyl (C=O) groups excluding carboxylic acids is 1. The molecule has 0 aliphatic carbocycles. The third-order valence-electron chi connectivity index (χ3n) is 8.00. The smallest absolute Gasteiger partial charge is 0.259 e. The summed E-state index contributed by atoms with van der Waals surface area (Å²) in [5, 5.41) is 17.3. The molecule has 6 rings (SSSR count). The largest absolute Gasteiger partial charge is 0.493 e. The standard InChI is InChI=1S/C30H32N8O4S2/c1-36-17-23(16-34-36)28(39)35-29-26(13-31)25-9-10-37(18-27(25)43-29)30-32-14-22(15-33-30)21-3-5-24(6-4-21)42-19-20-7-11-38(12-8-20)44(2,40)41/h3-6,14-17,20H,7-12,18-19H2,1-2H3,(H,35,39). The van der Waals surface area contributed by atoms with E-state index >= 15 is 0 Å². The van der Waals surface area contributed by atoms with Gasteiger partial charge in [0.15, 0.2) is 0 Å². The number of piperidine rings is 1. The van der Waals surface area contributed by atoms with Crippen LogP contribution in [0.4, 0.5) is 10.9 Å². The highest BCUT2D eigenvalue weighted by atomic mass is 32.2. The Labute approximate surface area is 260 Å². The van der Waals surface area contributed by atoms with Gasteiger partial charge in [-0.1, -0.05) is 12.1 Å². The van der Waals surface area contributed by atoms with Crippen molar-refractivity contribution in [2.24, 2.45) is 13.0 Å². The maximum Gasteiger partial charge on any atom is 0.259 e. The van der Waals surface area contributed by atoms with E-state index in [-0.39, 0.29) is 5.91 Å². The highest BCUT2D eigenvalue weighted by molar-refractivity contribution is 7.88. The number of nitriles is 1. The lowest BCUT2D eigenvalue weighted by molar-refractivity contribution is 0.102. The van der Waals surface area contributed by atoms with Crippen LogP contribution in [0.2, 0.25) is 0 Å². The number of amides is 1. The van der Waals surface area contributed by atoms with E-state index < -0.39 is 10.0 Å². The summed E-state index contributed by atoms with van der Waals surface area (Å²) in [6, 6.07) is 10.1. The number of hydrogen-bond acceptors (Lipinski definition) is 10. The molecule has 1 fully saturated rings. The molecule has 44 heavy (non-hydrogen) atoms. The van der Waals surface area contributed by atoms with Gasteiger partial charge in [0.25, 0.3) is 5.91 Å². The number of nitrogens with zero attached hydrogens (tertiary/aromatic N) is 7. The number of ether oxygens (including phenoxy) is 1. The third kappa shape index (κ3) is 6.45. The maximum atomic E-state index is 12.7. The minimum Gasteiger partial charge on any atom is -0.493 e. The van der Waals surface area contributed by atoms with Gasteiger partial charge in [-0.05, 0) is 48.4 Å². The number of hydrogen-bond donors (Lipinski definition) is 1. The van der Waals surface area contributed by atoms with Crippen LogP contribution in [0.5, 0.6) is 5.75 Å². The lowest BCUT2D eigenvalue weighted by Crippen LogP contribution is -2.39. The van der Waals surface area contributed by atoms with Crippen molar-refractivity contribution in [2.75, 3.05) is 42.7 Å². The fourth-order valence-corrected chi connectivity index (χ4v) is 7.58. The minimum absolute atomic E-state index is 0.296. The zero-order chi connectivity index (χ0) is 30.8. The molecule has 0 saturated carbocycles. The van der Waals surface area contributed by atoms with Crippen molar-refractivity contribution in [1.82, 2.24) is 24.1 Å². The Morgan fingerprint density at radius 3 is 2.48 bits per heavy atom. The third-order valence-corrected chi connectivity index (χ3v) is 10.4. The van der Waals surface area contributed by atoms with Gasteiger partial charge >= 0.3 is 0 Å². The molecule has 1 amide bonds. The number of rotatable bonds is 8. The van der Waals surface area contributed by atoms with E-state index in [4.69, 9.17) is 4.74 Å². The number of carbonyl (C=O) groups is 1. The second-order valence-corrected chi connectivity index (χ2v) is 14.1. The fraction of sp³-hybridized carbons (Fsp3) is 0.367. The summed E-state index contributed by atoms with van der Waals surface area (Å²) in [5.74, 6) is 1.41. The number of thiophene rings is 1. The molecular weight excluding hydrogens is 601 g/mol. The van der Waals surface area contributed by atoms with E-state index in [0.717, 1.165) is 40.2 Å².